The van der Waals surface area contributed by atoms with Crippen molar-refractivity contribution >= 4 is 15.9 Å². The fraction of sp³-hybridized carbons (Fsp3) is 0.571. The molecule has 1 aliphatic rings. The van der Waals surface area contributed by atoms with Gasteiger partial charge in [0, 0.05) is 23.7 Å². The molecular formula is C14H19BrFNO. The van der Waals surface area contributed by atoms with E-state index >= 15 is 0 Å². The number of halogens is 2. The first-order valence-electron chi connectivity index (χ1n) is 6.49. The molecule has 1 aliphatic carbocycles. The van der Waals surface area contributed by atoms with E-state index < -0.39 is 0 Å². The minimum absolute atomic E-state index is 0.181. The second kappa shape index (κ2) is 6.64. The van der Waals surface area contributed by atoms with Crippen LogP contribution in [0.25, 0.3) is 0 Å². The summed E-state index contributed by atoms with van der Waals surface area (Å²) < 4.78 is 14.2. The average Bonchev–Trinajstić information content (AvgIpc) is 3.17. The van der Waals surface area contributed by atoms with Crippen molar-refractivity contribution in [3.63, 3.8) is 0 Å². The van der Waals surface area contributed by atoms with E-state index in [1.807, 2.05) is 0 Å². The quantitative estimate of drug-likeness (QED) is 0.780. The number of unbranched alkanes of at least 4 members (excludes halogenated alkanes) is 1. The standard InChI is InChI=1S/C14H19BrFNO/c15-14-6-3-12(16)9-11(14)10-17(13-4-5-13)7-1-2-8-18/h3,6,9,13,18H,1-2,4-5,7-8,10H2. The molecule has 1 saturated carbocycles. The summed E-state index contributed by atoms with van der Waals surface area (Å²) in [6.45, 7) is 2.02. The molecule has 2 rings (SSSR count). The van der Waals surface area contributed by atoms with Crippen LogP contribution in [0, 0.1) is 5.82 Å². The minimum Gasteiger partial charge on any atom is -0.396 e. The third-order valence-electron chi connectivity index (χ3n) is 3.30. The molecule has 0 spiro atoms. The molecule has 1 aromatic rings. The van der Waals surface area contributed by atoms with Crippen molar-refractivity contribution in [3.8, 4) is 0 Å². The number of benzene rings is 1. The molecule has 0 heterocycles. The number of nitrogens with zero attached hydrogens (tertiary/aromatic N) is 1. The lowest BCUT2D eigenvalue weighted by Crippen LogP contribution is -2.27. The van der Waals surface area contributed by atoms with Crippen LogP contribution in [0.1, 0.15) is 31.2 Å². The molecule has 1 aromatic carbocycles. The predicted octanol–water partition coefficient (Wildman–Crippen LogP) is 3.33. The molecule has 1 N–H and O–H groups in total. The molecule has 100 valence electrons. The summed E-state index contributed by atoms with van der Waals surface area (Å²) in [7, 11) is 0. The van der Waals surface area contributed by atoms with Crippen LogP contribution < -0.4 is 0 Å². The summed E-state index contributed by atoms with van der Waals surface area (Å²) >= 11 is 3.48. The molecule has 0 radical (unpaired) electrons. The smallest absolute Gasteiger partial charge is 0.123 e. The third kappa shape index (κ3) is 4.04. The number of rotatable bonds is 7. The molecule has 0 bridgehead atoms. The molecule has 0 atom stereocenters. The molecule has 0 aromatic heterocycles. The Hall–Kier alpha value is -0.450. The fourth-order valence-corrected chi connectivity index (χ4v) is 2.51. The Kier molecular flexibility index (Phi) is 5.15. The van der Waals surface area contributed by atoms with E-state index in [9.17, 15) is 4.39 Å². The lowest BCUT2D eigenvalue weighted by Gasteiger charge is -2.22. The van der Waals surface area contributed by atoms with E-state index in [2.05, 4.69) is 20.8 Å². The molecule has 18 heavy (non-hydrogen) atoms. The zero-order chi connectivity index (χ0) is 13.0. The lowest BCUT2D eigenvalue weighted by atomic mass is 10.2. The first-order chi connectivity index (χ1) is 8.70. The third-order valence-corrected chi connectivity index (χ3v) is 4.07. The van der Waals surface area contributed by atoms with Gasteiger partial charge >= 0.3 is 0 Å². The fourth-order valence-electron chi connectivity index (χ4n) is 2.14. The van der Waals surface area contributed by atoms with Gasteiger partial charge in [0.1, 0.15) is 5.82 Å². The van der Waals surface area contributed by atoms with Crippen molar-refractivity contribution in [1.29, 1.82) is 0 Å². The van der Waals surface area contributed by atoms with Crippen LogP contribution in [0.2, 0.25) is 0 Å². The van der Waals surface area contributed by atoms with Gasteiger partial charge in [-0.2, -0.15) is 0 Å². The van der Waals surface area contributed by atoms with Gasteiger partial charge in [0.2, 0.25) is 0 Å². The molecule has 0 unspecified atom stereocenters. The predicted molar refractivity (Wildman–Crippen MR) is 73.9 cm³/mol. The van der Waals surface area contributed by atoms with Crippen LogP contribution >= 0.6 is 15.9 Å². The number of aliphatic hydroxyl groups is 1. The Labute approximate surface area is 116 Å². The first kappa shape index (κ1) is 14.0. The Balaban J connectivity index is 1.97. The zero-order valence-corrected chi connectivity index (χ0v) is 12.0. The van der Waals surface area contributed by atoms with Crippen molar-refractivity contribution in [2.75, 3.05) is 13.2 Å². The maximum absolute atomic E-state index is 13.2. The first-order valence-corrected chi connectivity index (χ1v) is 7.29. The maximum atomic E-state index is 13.2. The summed E-state index contributed by atoms with van der Waals surface area (Å²) in [4.78, 5) is 2.40. The summed E-state index contributed by atoms with van der Waals surface area (Å²) in [6, 6.07) is 5.49. The van der Waals surface area contributed by atoms with Crippen molar-refractivity contribution in [2.45, 2.75) is 38.3 Å². The summed E-state index contributed by atoms with van der Waals surface area (Å²) in [5, 5.41) is 8.83. The zero-order valence-electron chi connectivity index (χ0n) is 10.4. The number of aliphatic hydroxyl groups excluding tert-OH is 1. The highest BCUT2D eigenvalue weighted by Crippen LogP contribution is 2.30. The Morgan fingerprint density at radius 3 is 2.78 bits per heavy atom. The Bertz CT molecular complexity index is 395. The highest BCUT2D eigenvalue weighted by molar-refractivity contribution is 9.10. The largest absolute Gasteiger partial charge is 0.396 e. The van der Waals surface area contributed by atoms with E-state index in [1.165, 1.54) is 18.9 Å². The van der Waals surface area contributed by atoms with Gasteiger partial charge in [-0.3, -0.25) is 4.90 Å². The normalized spacial score (nSPS) is 15.3. The van der Waals surface area contributed by atoms with Crippen LogP contribution in [0.3, 0.4) is 0 Å². The molecule has 1 fully saturated rings. The van der Waals surface area contributed by atoms with Crippen LogP contribution in [0.4, 0.5) is 4.39 Å². The summed E-state index contributed by atoms with van der Waals surface area (Å²) in [6.07, 6.45) is 4.32. The van der Waals surface area contributed by atoms with E-state index in [0.717, 1.165) is 36.0 Å². The van der Waals surface area contributed by atoms with Gasteiger partial charge in [-0.15, -0.1) is 0 Å². The Morgan fingerprint density at radius 2 is 2.11 bits per heavy atom. The van der Waals surface area contributed by atoms with Gasteiger partial charge in [-0.1, -0.05) is 15.9 Å². The lowest BCUT2D eigenvalue weighted by molar-refractivity contribution is 0.228. The van der Waals surface area contributed by atoms with Gasteiger partial charge in [0.15, 0.2) is 0 Å². The average molecular weight is 316 g/mol. The van der Waals surface area contributed by atoms with Crippen molar-refractivity contribution in [3.05, 3.63) is 34.1 Å². The molecule has 2 nitrogen and oxygen atoms in total. The van der Waals surface area contributed by atoms with Crippen molar-refractivity contribution < 1.29 is 9.50 Å². The van der Waals surface area contributed by atoms with Crippen molar-refractivity contribution in [2.24, 2.45) is 0 Å². The van der Waals surface area contributed by atoms with Gasteiger partial charge in [-0.25, -0.2) is 4.39 Å². The van der Waals surface area contributed by atoms with Gasteiger partial charge < -0.3 is 5.11 Å². The van der Waals surface area contributed by atoms with Crippen LogP contribution in [-0.2, 0) is 6.54 Å². The highest BCUT2D eigenvalue weighted by Gasteiger charge is 2.28. The molecular weight excluding hydrogens is 297 g/mol. The summed E-state index contributed by atoms with van der Waals surface area (Å²) in [5.41, 5.74) is 1.01. The van der Waals surface area contributed by atoms with Gasteiger partial charge in [0.25, 0.3) is 0 Å². The van der Waals surface area contributed by atoms with Crippen LogP contribution in [-0.4, -0.2) is 29.2 Å². The molecule has 0 amide bonds. The monoisotopic (exact) mass is 315 g/mol. The highest BCUT2D eigenvalue weighted by atomic mass is 79.9. The maximum Gasteiger partial charge on any atom is 0.123 e. The topological polar surface area (TPSA) is 23.5 Å². The number of hydrogen-bond donors (Lipinski definition) is 1. The van der Waals surface area contributed by atoms with Crippen LogP contribution in [0.15, 0.2) is 22.7 Å². The van der Waals surface area contributed by atoms with E-state index in [-0.39, 0.29) is 12.4 Å². The van der Waals surface area contributed by atoms with Crippen LogP contribution in [0.5, 0.6) is 0 Å². The van der Waals surface area contributed by atoms with Gasteiger partial charge in [-0.05, 0) is 56.0 Å². The SMILES string of the molecule is OCCCCN(Cc1cc(F)ccc1Br)C1CC1. The van der Waals surface area contributed by atoms with Gasteiger partial charge in [0.05, 0.1) is 0 Å². The second-order valence-electron chi connectivity index (χ2n) is 4.87. The van der Waals surface area contributed by atoms with E-state index in [1.54, 1.807) is 12.1 Å². The molecule has 4 heteroatoms. The van der Waals surface area contributed by atoms with E-state index in [4.69, 9.17) is 5.11 Å². The van der Waals surface area contributed by atoms with Crippen molar-refractivity contribution in [1.82, 2.24) is 4.90 Å². The molecule has 0 saturated heterocycles. The Morgan fingerprint density at radius 1 is 1.33 bits per heavy atom. The van der Waals surface area contributed by atoms with E-state index in [0.29, 0.717) is 6.04 Å². The molecule has 0 aliphatic heterocycles. The number of hydrogen-bond acceptors (Lipinski definition) is 2. The second-order valence-corrected chi connectivity index (χ2v) is 5.72. The minimum atomic E-state index is -0.181. The summed E-state index contributed by atoms with van der Waals surface area (Å²) in [5.74, 6) is -0.181.